The van der Waals surface area contributed by atoms with Crippen LogP contribution in [-0.2, 0) is 18.2 Å². The number of hydrogen-bond acceptors (Lipinski definition) is 9. The van der Waals surface area contributed by atoms with Crippen molar-refractivity contribution in [2.45, 2.75) is 63.4 Å². The lowest BCUT2D eigenvalue weighted by molar-refractivity contribution is -0.230. The Bertz CT molecular complexity index is 923. The van der Waals surface area contributed by atoms with Gasteiger partial charge in [-0.2, -0.15) is 0 Å². The standard InChI is InChI=1S/C16H25BN5O5PSi/c1-16(2,3)29(4,5)27-12-11-9(6-24-28(17,23)26-11)25-15(12)22-8-21-10-13(18)19-7-20-14(10)22/h7-9,11-12,15H,6H2,1-5H3,(H2,18,19,20)/t9-,11-,12-,15-,28?/m1/s1. The Morgan fingerprint density at radius 1 is 1.34 bits per heavy atom. The van der Waals surface area contributed by atoms with Crippen molar-refractivity contribution >= 4 is 40.7 Å². The molecule has 4 rings (SSSR count). The fourth-order valence-corrected chi connectivity index (χ4v) is 5.56. The highest BCUT2D eigenvalue weighted by atomic mass is 31.2. The number of hydrogen-bond donors (Lipinski definition) is 1. The Balaban J connectivity index is 1.76. The lowest BCUT2D eigenvalue weighted by Gasteiger charge is -2.42. The Morgan fingerprint density at radius 2 is 2.07 bits per heavy atom. The zero-order chi connectivity index (χ0) is 21.2. The van der Waals surface area contributed by atoms with Crippen molar-refractivity contribution in [3.63, 3.8) is 0 Å². The second kappa shape index (κ2) is 6.94. The molecule has 2 aromatic heterocycles. The van der Waals surface area contributed by atoms with E-state index in [1.807, 2.05) is 0 Å². The average molecular weight is 437 g/mol. The van der Waals surface area contributed by atoms with E-state index in [1.165, 1.54) is 6.33 Å². The van der Waals surface area contributed by atoms with E-state index >= 15 is 0 Å². The van der Waals surface area contributed by atoms with Crippen LogP contribution in [0.1, 0.15) is 27.0 Å². The second-order valence-corrected chi connectivity index (χ2v) is 15.2. The number of nitrogen functional groups attached to an aromatic ring is 1. The van der Waals surface area contributed by atoms with Gasteiger partial charge in [-0.25, -0.2) is 24.0 Å². The third-order valence-corrected chi connectivity index (χ3v) is 11.4. The summed E-state index contributed by atoms with van der Waals surface area (Å²) in [4.78, 5) is 24.9. The Kier molecular flexibility index (Phi) is 5.05. The SMILES string of the molecule is [B][P+]1([O-])OC[C@H]2O[C@@H](n3cnc4c(N)ncnc43)[C@H](O[Si](C)(C)C(C)(C)C)[C@@H]2O1. The first-order chi connectivity index (χ1) is 13.4. The van der Waals surface area contributed by atoms with Gasteiger partial charge in [0, 0.05) is 0 Å². The first-order valence-electron chi connectivity index (χ1n) is 9.37. The number of fused-ring (bicyclic) bond motifs is 2. The highest BCUT2D eigenvalue weighted by molar-refractivity contribution is 7.84. The number of aromatic nitrogens is 4. The monoisotopic (exact) mass is 437 g/mol. The quantitative estimate of drug-likeness (QED) is 0.558. The van der Waals surface area contributed by atoms with Gasteiger partial charge in [0.25, 0.3) is 0 Å². The van der Waals surface area contributed by atoms with Gasteiger partial charge in [-0.1, -0.05) is 20.8 Å². The average Bonchev–Trinajstić information content (AvgIpc) is 3.16. The molecule has 2 fully saturated rings. The fourth-order valence-electron chi connectivity index (χ4n) is 3.27. The van der Waals surface area contributed by atoms with Crippen molar-refractivity contribution in [2.24, 2.45) is 0 Å². The van der Waals surface area contributed by atoms with Crippen molar-refractivity contribution in [3.8, 4) is 0 Å². The molecular formula is C16H25BN5O5PSi. The van der Waals surface area contributed by atoms with Gasteiger partial charge >= 0.3 is 7.57 Å². The number of rotatable bonds is 3. The smallest absolute Gasteiger partial charge is 0.437 e. The van der Waals surface area contributed by atoms with Crippen LogP contribution in [0.3, 0.4) is 0 Å². The lowest BCUT2D eigenvalue weighted by atomic mass is 10.1. The van der Waals surface area contributed by atoms with Crippen molar-refractivity contribution < 1.29 is 23.1 Å². The molecule has 10 nitrogen and oxygen atoms in total. The Morgan fingerprint density at radius 3 is 2.76 bits per heavy atom. The van der Waals surface area contributed by atoms with E-state index < -0.39 is 40.7 Å². The predicted molar refractivity (Wildman–Crippen MR) is 109 cm³/mol. The Hall–Kier alpha value is -1.14. The van der Waals surface area contributed by atoms with Gasteiger partial charge in [0.15, 0.2) is 39.9 Å². The van der Waals surface area contributed by atoms with Crippen LogP contribution in [0.4, 0.5) is 5.82 Å². The van der Waals surface area contributed by atoms with E-state index in [1.54, 1.807) is 10.9 Å². The van der Waals surface area contributed by atoms with Crippen LogP contribution in [0.15, 0.2) is 12.7 Å². The molecule has 2 radical (unpaired) electrons. The van der Waals surface area contributed by atoms with Crippen molar-refractivity contribution in [1.29, 1.82) is 0 Å². The normalized spacial score (nSPS) is 33.2. The maximum atomic E-state index is 12.3. The maximum Gasteiger partial charge on any atom is 0.437 e. The third kappa shape index (κ3) is 3.71. The molecule has 2 N–H and O–H groups in total. The molecule has 0 saturated carbocycles. The van der Waals surface area contributed by atoms with Gasteiger partial charge < -0.3 is 19.8 Å². The molecule has 0 spiro atoms. The fraction of sp³-hybridized carbons (Fsp3) is 0.688. The zero-order valence-electron chi connectivity index (χ0n) is 17.1. The van der Waals surface area contributed by atoms with E-state index in [2.05, 4.69) is 48.8 Å². The molecule has 0 aliphatic carbocycles. The second-order valence-electron chi connectivity index (χ2n) is 8.90. The summed E-state index contributed by atoms with van der Waals surface area (Å²) in [6.07, 6.45) is 0.625. The number of nitrogens with zero attached hydrogens (tertiary/aromatic N) is 4. The van der Waals surface area contributed by atoms with E-state index in [0.29, 0.717) is 11.2 Å². The summed E-state index contributed by atoms with van der Waals surface area (Å²) in [5.41, 5.74) is 6.91. The minimum atomic E-state index is -3.67. The van der Waals surface area contributed by atoms with Gasteiger partial charge in [-0.15, -0.1) is 0 Å². The van der Waals surface area contributed by atoms with Gasteiger partial charge in [0.1, 0.15) is 30.7 Å². The summed E-state index contributed by atoms with van der Waals surface area (Å²) in [7, 11) is -0.247. The number of nitrogens with two attached hydrogens (primary N) is 1. The molecule has 2 aliphatic heterocycles. The minimum Gasteiger partial charge on any atom is -0.647 e. The number of ether oxygens (including phenoxy) is 1. The van der Waals surface area contributed by atoms with Crippen LogP contribution in [0.2, 0.25) is 18.1 Å². The molecule has 1 unspecified atom stereocenters. The van der Waals surface area contributed by atoms with Gasteiger partial charge in [-0.3, -0.25) is 4.57 Å². The van der Waals surface area contributed by atoms with Crippen molar-refractivity contribution in [2.75, 3.05) is 12.3 Å². The summed E-state index contributed by atoms with van der Waals surface area (Å²) < 4.78 is 25.4. The molecule has 4 heterocycles. The summed E-state index contributed by atoms with van der Waals surface area (Å²) >= 11 is 0. The molecule has 0 amide bonds. The van der Waals surface area contributed by atoms with Crippen LogP contribution < -0.4 is 10.6 Å². The maximum absolute atomic E-state index is 12.3. The summed E-state index contributed by atoms with van der Waals surface area (Å²) in [6, 6.07) is 0. The summed E-state index contributed by atoms with van der Waals surface area (Å²) in [5, 5.41) is -0.0587. The molecule has 5 atom stereocenters. The van der Waals surface area contributed by atoms with E-state index in [-0.39, 0.29) is 17.5 Å². The van der Waals surface area contributed by atoms with E-state index in [9.17, 15) is 4.89 Å². The van der Waals surface area contributed by atoms with E-state index in [0.717, 1.165) is 0 Å². The van der Waals surface area contributed by atoms with Crippen LogP contribution in [0, 0.1) is 0 Å². The highest BCUT2D eigenvalue weighted by Crippen LogP contribution is 2.56. The topological polar surface area (TPSA) is 130 Å². The third-order valence-electron chi connectivity index (χ3n) is 5.87. The molecule has 0 aromatic carbocycles. The van der Waals surface area contributed by atoms with Crippen LogP contribution >= 0.6 is 7.82 Å². The van der Waals surface area contributed by atoms with Gasteiger partial charge in [0.05, 0.1) is 6.33 Å². The molecule has 0 bridgehead atoms. The van der Waals surface area contributed by atoms with Gasteiger partial charge in [0.2, 0.25) is 0 Å². The summed E-state index contributed by atoms with van der Waals surface area (Å²) in [5.74, 6) is 0.275. The molecule has 29 heavy (non-hydrogen) atoms. The van der Waals surface area contributed by atoms with E-state index in [4.69, 9.17) is 31.5 Å². The first-order valence-corrected chi connectivity index (χ1v) is 13.9. The number of imidazole rings is 1. The number of anilines is 1. The first kappa shape index (κ1) is 21.1. The lowest BCUT2D eigenvalue weighted by Crippen LogP contribution is -2.51. The zero-order valence-corrected chi connectivity index (χ0v) is 19.0. The van der Waals surface area contributed by atoms with Crippen LogP contribution in [-0.4, -0.2) is 60.3 Å². The summed E-state index contributed by atoms with van der Waals surface area (Å²) in [6.45, 7) is 10.7. The van der Waals surface area contributed by atoms with Crippen molar-refractivity contribution in [1.82, 2.24) is 19.5 Å². The molecule has 2 saturated heterocycles. The highest BCUT2D eigenvalue weighted by Gasteiger charge is 2.57. The molecule has 2 aromatic rings. The van der Waals surface area contributed by atoms with Crippen molar-refractivity contribution in [3.05, 3.63) is 12.7 Å². The molecule has 13 heteroatoms. The molecule has 156 valence electrons. The van der Waals surface area contributed by atoms with Gasteiger partial charge in [-0.05, 0) is 18.1 Å². The molecule has 2 aliphatic rings. The van der Waals surface area contributed by atoms with Crippen LogP contribution in [0.5, 0.6) is 0 Å². The molecular weight excluding hydrogens is 412 g/mol. The Labute approximate surface area is 172 Å². The minimum absolute atomic E-state index is 0.0516. The van der Waals surface area contributed by atoms with Crippen LogP contribution in [0.25, 0.3) is 11.2 Å². The largest absolute Gasteiger partial charge is 0.647 e. The predicted octanol–water partition coefficient (Wildman–Crippen LogP) is 1.32.